The molecule has 3 nitrogen and oxygen atoms in total. The minimum Gasteiger partial charge on any atom is -0.348 e. The van der Waals surface area contributed by atoms with E-state index in [1.165, 1.54) is 25.7 Å². The van der Waals surface area contributed by atoms with Crippen LogP contribution in [0.1, 0.15) is 38.5 Å². The average molecular weight is 425 g/mol. The first-order valence-corrected chi connectivity index (χ1v) is 6.90. The smallest absolute Gasteiger partial charge is 0.280 e. The molecule has 84 valence electrons. The molecular weight excluding hydrogens is 408 g/mol. The number of unbranched alkanes of at least 4 members (excludes halogenated alkanes) is 5. The van der Waals surface area contributed by atoms with Crippen LogP contribution in [0.5, 0.6) is 0 Å². The van der Waals surface area contributed by atoms with Crippen molar-refractivity contribution in [1.29, 1.82) is 0 Å². The Morgan fingerprint density at radius 3 is 2.21 bits per heavy atom. The fourth-order valence-corrected chi connectivity index (χ4v) is 1.76. The summed E-state index contributed by atoms with van der Waals surface area (Å²) in [7, 11) is 0. The molecule has 0 spiro atoms. The summed E-state index contributed by atoms with van der Waals surface area (Å²) in [6.45, 7) is 1.68. The first-order valence-electron chi connectivity index (χ1n) is 4.94. The Morgan fingerprint density at radius 2 is 1.64 bits per heavy atom. The van der Waals surface area contributed by atoms with E-state index in [-0.39, 0.29) is 3.91 Å². The van der Waals surface area contributed by atoms with Crippen molar-refractivity contribution in [3.63, 3.8) is 0 Å². The molecule has 0 aliphatic heterocycles. The molecule has 0 rings (SSSR count). The second kappa shape index (κ2) is 12.0. The number of halogens is 2. The lowest BCUT2D eigenvalue weighted by Gasteiger charge is -2.01. The van der Waals surface area contributed by atoms with E-state index < -0.39 is 0 Å². The zero-order valence-corrected chi connectivity index (χ0v) is 12.5. The number of hydrogen-bond acceptors (Lipinski definition) is 2. The molecule has 0 heterocycles. The maximum Gasteiger partial charge on any atom is 0.280 e. The standard InChI is InChI=1S/C9H17I2NO2/c10-9(13)12-7-5-3-1-2-4-6-8-14-11/h1-8H2,(H,12,13). The zero-order valence-electron chi connectivity index (χ0n) is 8.23. The van der Waals surface area contributed by atoms with Crippen LogP contribution in [0.3, 0.4) is 0 Å². The van der Waals surface area contributed by atoms with E-state index in [0.29, 0.717) is 0 Å². The molecule has 0 fully saturated rings. The molecule has 0 aliphatic carbocycles. The molecule has 0 aromatic carbocycles. The van der Waals surface area contributed by atoms with Crippen LogP contribution in [0, 0.1) is 0 Å². The van der Waals surface area contributed by atoms with Crippen molar-refractivity contribution in [2.24, 2.45) is 0 Å². The van der Waals surface area contributed by atoms with Gasteiger partial charge in [0, 0.05) is 29.1 Å². The summed E-state index contributed by atoms with van der Waals surface area (Å²) < 4.78 is 4.98. The molecule has 1 N–H and O–H groups in total. The van der Waals surface area contributed by atoms with Crippen LogP contribution in [0.2, 0.25) is 0 Å². The van der Waals surface area contributed by atoms with Gasteiger partial charge in [-0.25, -0.2) is 0 Å². The van der Waals surface area contributed by atoms with Crippen molar-refractivity contribution in [3.05, 3.63) is 0 Å². The molecule has 0 bridgehead atoms. The Balaban J connectivity index is 2.88. The molecule has 0 aliphatic rings. The maximum atomic E-state index is 10.5. The monoisotopic (exact) mass is 425 g/mol. The Labute approximate surface area is 114 Å². The fraction of sp³-hybridized carbons (Fsp3) is 0.889. The Bertz CT molecular complexity index is 145. The third-order valence-electron chi connectivity index (χ3n) is 1.91. The van der Waals surface area contributed by atoms with E-state index >= 15 is 0 Å². The Morgan fingerprint density at radius 1 is 1.07 bits per heavy atom. The number of carbonyl (C=O) groups is 1. The summed E-state index contributed by atoms with van der Waals surface area (Å²) in [6, 6.07) is 0. The molecule has 0 radical (unpaired) electrons. The lowest BCUT2D eigenvalue weighted by Crippen LogP contribution is -2.16. The summed E-state index contributed by atoms with van der Waals surface area (Å²) in [4.78, 5) is 10.5. The number of hydrogen-bond donors (Lipinski definition) is 1. The van der Waals surface area contributed by atoms with Gasteiger partial charge >= 0.3 is 0 Å². The third-order valence-corrected chi connectivity index (χ3v) is 2.73. The normalized spacial score (nSPS) is 10.1. The topological polar surface area (TPSA) is 38.3 Å². The largest absolute Gasteiger partial charge is 0.348 e. The summed E-state index contributed by atoms with van der Waals surface area (Å²) in [5, 5.41) is 2.78. The second-order valence-corrected chi connectivity index (χ2v) is 4.74. The minimum atomic E-state index is 0.0433. The summed E-state index contributed by atoms with van der Waals surface area (Å²) in [6.07, 6.45) is 7.26. The quantitative estimate of drug-likeness (QED) is 0.264. The van der Waals surface area contributed by atoms with Gasteiger partial charge in [0.1, 0.15) is 23.0 Å². The first kappa shape index (κ1) is 14.9. The number of rotatable bonds is 9. The second-order valence-electron chi connectivity index (χ2n) is 3.14. The van der Waals surface area contributed by atoms with Crippen molar-refractivity contribution in [1.82, 2.24) is 5.32 Å². The van der Waals surface area contributed by atoms with Gasteiger partial charge in [0.2, 0.25) is 0 Å². The van der Waals surface area contributed by atoms with Gasteiger partial charge in [0.25, 0.3) is 3.91 Å². The predicted octanol–water partition coefficient (Wildman–Crippen LogP) is 3.84. The zero-order chi connectivity index (χ0) is 10.6. The molecule has 0 aromatic rings. The van der Waals surface area contributed by atoms with Crippen LogP contribution in [0.15, 0.2) is 0 Å². The lowest BCUT2D eigenvalue weighted by molar-refractivity contribution is 0.262. The SMILES string of the molecule is O=C(I)NCCCCCCCCOI. The highest BCUT2D eigenvalue weighted by Gasteiger charge is 1.93. The van der Waals surface area contributed by atoms with Gasteiger partial charge in [0.05, 0.1) is 6.61 Å². The van der Waals surface area contributed by atoms with E-state index in [0.717, 1.165) is 26.0 Å². The molecular formula is C9H17I2NO2. The summed E-state index contributed by atoms with van der Waals surface area (Å²) in [5.74, 6) is 0. The Kier molecular flexibility index (Phi) is 12.7. The Hall–Kier alpha value is 0.890. The van der Waals surface area contributed by atoms with Gasteiger partial charge in [0.15, 0.2) is 0 Å². The van der Waals surface area contributed by atoms with Crippen LogP contribution in [-0.4, -0.2) is 17.1 Å². The van der Waals surface area contributed by atoms with Crippen molar-refractivity contribution in [2.75, 3.05) is 13.2 Å². The highest BCUT2D eigenvalue weighted by Crippen LogP contribution is 2.05. The van der Waals surface area contributed by atoms with E-state index in [9.17, 15) is 4.79 Å². The molecule has 0 aromatic heterocycles. The van der Waals surface area contributed by atoms with Gasteiger partial charge in [-0.2, -0.15) is 0 Å². The van der Waals surface area contributed by atoms with Crippen LogP contribution < -0.4 is 5.32 Å². The number of carbonyl (C=O) groups excluding carboxylic acids is 1. The molecule has 0 saturated heterocycles. The summed E-state index contributed by atoms with van der Waals surface area (Å²) in [5.41, 5.74) is 0. The minimum absolute atomic E-state index is 0.0433. The highest BCUT2D eigenvalue weighted by molar-refractivity contribution is 14.1. The average Bonchev–Trinajstić information content (AvgIpc) is 2.15. The first-order chi connectivity index (χ1) is 6.77. The van der Waals surface area contributed by atoms with E-state index in [4.69, 9.17) is 3.07 Å². The van der Waals surface area contributed by atoms with Crippen LogP contribution in [-0.2, 0) is 3.07 Å². The van der Waals surface area contributed by atoms with Crippen LogP contribution >= 0.6 is 45.6 Å². The van der Waals surface area contributed by atoms with Crippen molar-refractivity contribution < 1.29 is 7.86 Å². The van der Waals surface area contributed by atoms with Crippen LogP contribution in [0.25, 0.3) is 0 Å². The van der Waals surface area contributed by atoms with Crippen molar-refractivity contribution >= 4 is 49.5 Å². The van der Waals surface area contributed by atoms with Gasteiger partial charge in [-0.05, 0) is 12.8 Å². The predicted molar refractivity (Wildman–Crippen MR) is 75.1 cm³/mol. The van der Waals surface area contributed by atoms with E-state index in [1.54, 1.807) is 22.6 Å². The van der Waals surface area contributed by atoms with Gasteiger partial charge in [-0.3, -0.25) is 4.79 Å². The molecule has 0 atom stereocenters. The van der Waals surface area contributed by atoms with Crippen molar-refractivity contribution in [3.8, 4) is 0 Å². The van der Waals surface area contributed by atoms with Gasteiger partial charge < -0.3 is 8.38 Å². The number of amides is 1. The summed E-state index contributed by atoms with van der Waals surface area (Å²) >= 11 is 3.69. The lowest BCUT2D eigenvalue weighted by atomic mass is 10.1. The molecule has 0 saturated carbocycles. The van der Waals surface area contributed by atoms with Gasteiger partial charge in [-0.1, -0.05) is 25.7 Å². The van der Waals surface area contributed by atoms with E-state index in [1.807, 2.05) is 23.0 Å². The third kappa shape index (κ3) is 12.9. The number of nitrogens with one attached hydrogen (secondary N) is 1. The van der Waals surface area contributed by atoms with Gasteiger partial charge in [-0.15, -0.1) is 0 Å². The van der Waals surface area contributed by atoms with Crippen molar-refractivity contribution in [2.45, 2.75) is 38.5 Å². The molecule has 5 heteroatoms. The molecule has 1 amide bonds. The highest BCUT2D eigenvalue weighted by atomic mass is 127. The van der Waals surface area contributed by atoms with E-state index in [2.05, 4.69) is 5.32 Å². The molecule has 0 unspecified atom stereocenters. The fourth-order valence-electron chi connectivity index (χ4n) is 1.18. The van der Waals surface area contributed by atoms with Crippen LogP contribution in [0.4, 0.5) is 4.79 Å². The molecule has 14 heavy (non-hydrogen) atoms. The maximum absolute atomic E-state index is 10.5.